The molecule has 0 atom stereocenters. The average Bonchev–Trinajstić information content (AvgIpc) is 1.35. The van der Waals surface area contributed by atoms with Crippen LogP contribution in [-0.2, 0) is 0 Å². The summed E-state index contributed by atoms with van der Waals surface area (Å²) < 4.78 is 0. The summed E-state index contributed by atoms with van der Waals surface area (Å²) >= 11 is 0. The third kappa shape index (κ3) is 3.27. The molecule has 0 aliphatic rings. The lowest BCUT2D eigenvalue weighted by Crippen LogP contribution is -2.12. The van der Waals surface area contributed by atoms with Crippen LogP contribution < -0.4 is 5.32 Å². The van der Waals surface area contributed by atoms with Crippen LogP contribution in [0, 0.1) is 0 Å². The zero-order valence-electron chi connectivity index (χ0n) is 3.69. The number of carbonyl (C=O) groups excluding carboxylic acids is 1. The Labute approximate surface area is 37.6 Å². The fourth-order valence-electron chi connectivity index (χ4n) is 0.144. The van der Waals surface area contributed by atoms with Gasteiger partial charge in [-0.05, 0) is 6.20 Å². The molecule has 0 aromatic carbocycles. The van der Waals surface area contributed by atoms with E-state index in [0.717, 1.165) is 0 Å². The number of hydrogen-bond acceptors (Lipinski definition) is 1. The van der Waals surface area contributed by atoms with Gasteiger partial charge >= 0.3 is 0 Å². The van der Waals surface area contributed by atoms with Crippen molar-refractivity contribution in [1.29, 1.82) is 0 Å². The van der Waals surface area contributed by atoms with Gasteiger partial charge in [-0.15, -0.1) is 0 Å². The Morgan fingerprint density at radius 1 is 2.00 bits per heavy atom. The molecule has 0 spiro atoms. The zero-order chi connectivity index (χ0) is 4.99. The van der Waals surface area contributed by atoms with Crippen LogP contribution in [0.2, 0.25) is 0 Å². The maximum atomic E-state index is 9.86. The second-order valence-corrected chi connectivity index (χ2v) is 0.905. The van der Waals surface area contributed by atoms with Gasteiger partial charge in [0.1, 0.15) is 0 Å². The van der Waals surface area contributed by atoms with Crippen molar-refractivity contribution in [3.05, 3.63) is 12.8 Å². The van der Waals surface area contributed by atoms with Crippen LogP contribution in [0.25, 0.3) is 0 Å². The van der Waals surface area contributed by atoms with Gasteiger partial charge in [-0.2, -0.15) is 0 Å². The van der Waals surface area contributed by atoms with Crippen molar-refractivity contribution in [3.63, 3.8) is 0 Å². The molecule has 0 aromatic rings. The first-order valence-corrected chi connectivity index (χ1v) is 1.65. The van der Waals surface area contributed by atoms with E-state index in [1.54, 1.807) is 0 Å². The number of rotatable bonds is 1. The van der Waals surface area contributed by atoms with E-state index in [-0.39, 0.29) is 5.81 Å². The molecule has 0 aliphatic carbocycles. The van der Waals surface area contributed by atoms with Crippen molar-refractivity contribution in [2.24, 2.45) is 0 Å². The largest absolute Gasteiger partial charge is 0.343 e. The topological polar surface area (TPSA) is 29.1 Å². The minimum Gasteiger partial charge on any atom is -0.343 e. The smallest absolute Gasteiger partial charge is 0.216 e. The highest BCUT2D eigenvalue weighted by atomic mass is 16.1. The predicted octanol–water partition coefficient (Wildman–Crippen LogP) is -0.527. The van der Waals surface area contributed by atoms with Crippen LogP contribution in [0.4, 0.5) is 4.79 Å². The quantitative estimate of drug-likeness (QED) is 0.424. The highest BCUT2D eigenvalue weighted by molar-refractivity contribution is 6.57. The van der Waals surface area contributed by atoms with Crippen molar-refractivity contribution in [1.82, 2.24) is 5.32 Å². The van der Waals surface area contributed by atoms with Crippen LogP contribution in [0.15, 0.2) is 12.8 Å². The Kier molecular flexibility index (Phi) is 2.21. The Morgan fingerprint density at radius 3 is 2.50 bits per heavy atom. The molecule has 0 rings (SSSR count). The number of amides is 1. The van der Waals surface area contributed by atoms with E-state index in [0.29, 0.717) is 0 Å². The zero-order valence-corrected chi connectivity index (χ0v) is 3.69. The van der Waals surface area contributed by atoms with Crippen molar-refractivity contribution in [3.8, 4) is 0 Å². The van der Waals surface area contributed by atoms with E-state index in [1.807, 2.05) is 0 Å². The molecule has 0 heterocycles. The molecule has 0 aliphatic heterocycles. The predicted molar refractivity (Wildman–Crippen MR) is 27.3 cm³/mol. The minimum absolute atomic E-state index is 0.0787. The van der Waals surface area contributed by atoms with Crippen LogP contribution in [-0.4, -0.2) is 13.7 Å². The molecule has 32 valence electrons. The monoisotopic (exact) mass is 83.1 g/mol. The second kappa shape index (κ2) is 2.51. The van der Waals surface area contributed by atoms with Crippen LogP contribution >= 0.6 is 0 Å². The van der Waals surface area contributed by atoms with Crippen LogP contribution in [0.3, 0.4) is 0 Å². The van der Waals surface area contributed by atoms with Gasteiger partial charge < -0.3 is 5.32 Å². The Balaban J connectivity index is 3.05. The van der Waals surface area contributed by atoms with Gasteiger partial charge in [-0.3, -0.25) is 4.79 Å². The normalized spacial score (nSPS) is 6.67. The average molecular weight is 82.9 g/mol. The summed E-state index contributed by atoms with van der Waals surface area (Å²) in [4.78, 5) is 9.86. The van der Waals surface area contributed by atoms with E-state index < -0.39 is 0 Å². The van der Waals surface area contributed by atoms with Crippen molar-refractivity contribution in [2.45, 2.75) is 0 Å². The highest BCUT2D eigenvalue weighted by Gasteiger charge is 1.76. The molecule has 3 heteroatoms. The number of carbonyl (C=O) groups is 1. The van der Waals surface area contributed by atoms with Gasteiger partial charge in [0, 0.05) is 0 Å². The maximum absolute atomic E-state index is 9.86. The summed E-state index contributed by atoms with van der Waals surface area (Å²) in [5.74, 6) is -0.0787. The molecule has 1 amide bonds. The molecule has 0 fully saturated rings. The van der Waals surface area contributed by atoms with Gasteiger partial charge in [0.15, 0.2) is 5.81 Å². The fourth-order valence-corrected chi connectivity index (χ4v) is 0.144. The van der Waals surface area contributed by atoms with Gasteiger partial charge in [-0.25, -0.2) is 0 Å². The first-order chi connectivity index (χ1) is 2.77. The fraction of sp³-hybridized carbons (Fsp3) is 0. The molecule has 2 nitrogen and oxygen atoms in total. The number of hydrogen-bond donors (Lipinski definition) is 1. The Hall–Kier alpha value is -0.725. The van der Waals surface area contributed by atoms with Crippen molar-refractivity contribution < 1.29 is 4.79 Å². The molecule has 0 saturated carbocycles. The minimum atomic E-state index is -0.0787. The lowest BCUT2D eigenvalue weighted by Gasteiger charge is -1.83. The van der Waals surface area contributed by atoms with Crippen LogP contribution in [0.1, 0.15) is 0 Å². The summed E-state index contributed by atoms with van der Waals surface area (Å²) in [7, 11) is 1.43. The Morgan fingerprint density at radius 2 is 2.50 bits per heavy atom. The summed E-state index contributed by atoms with van der Waals surface area (Å²) in [5.41, 5.74) is 0. The SMILES string of the molecule is BC(=O)NC=C. The molecule has 1 N–H and O–H groups in total. The molecule has 6 heavy (non-hydrogen) atoms. The first kappa shape index (κ1) is 5.27. The number of nitrogens with one attached hydrogen (secondary N) is 1. The van der Waals surface area contributed by atoms with Crippen LogP contribution in [0.5, 0.6) is 0 Å². The third-order valence-corrected chi connectivity index (χ3v) is 0.305. The second-order valence-electron chi connectivity index (χ2n) is 0.905. The third-order valence-electron chi connectivity index (χ3n) is 0.305. The van der Waals surface area contributed by atoms with Gasteiger partial charge in [0.25, 0.3) is 0 Å². The molecule has 0 unspecified atom stereocenters. The highest BCUT2D eigenvalue weighted by Crippen LogP contribution is 1.53. The molecular weight excluding hydrogens is 76.9 g/mol. The van der Waals surface area contributed by atoms with E-state index in [9.17, 15) is 4.79 Å². The van der Waals surface area contributed by atoms with Gasteiger partial charge in [0.05, 0.1) is 0 Å². The lowest BCUT2D eigenvalue weighted by atomic mass is 10.1. The molecule has 0 bridgehead atoms. The summed E-state index contributed by atoms with van der Waals surface area (Å²) in [6.45, 7) is 3.27. The van der Waals surface area contributed by atoms with Gasteiger partial charge in [-0.1, -0.05) is 6.58 Å². The summed E-state index contributed by atoms with van der Waals surface area (Å²) in [6.07, 6.45) is 1.35. The molecular formula is C3H6BNO. The standard InChI is InChI=1S/C3H6BNO/c1-2-5-3(4)6/h2H,1,4H2,(H,5,6). The Bertz CT molecular complexity index is 71.2. The summed E-state index contributed by atoms with van der Waals surface area (Å²) in [5, 5.41) is 2.33. The van der Waals surface area contributed by atoms with E-state index in [1.165, 1.54) is 14.0 Å². The van der Waals surface area contributed by atoms with Crippen molar-refractivity contribution in [2.75, 3.05) is 0 Å². The first-order valence-electron chi connectivity index (χ1n) is 1.65. The van der Waals surface area contributed by atoms with E-state index in [4.69, 9.17) is 0 Å². The van der Waals surface area contributed by atoms with Gasteiger partial charge in [0.2, 0.25) is 7.85 Å². The molecule has 0 saturated heterocycles. The molecule has 0 aromatic heterocycles. The van der Waals surface area contributed by atoms with E-state index >= 15 is 0 Å². The maximum Gasteiger partial charge on any atom is 0.216 e. The summed E-state index contributed by atoms with van der Waals surface area (Å²) in [6, 6.07) is 0. The van der Waals surface area contributed by atoms with E-state index in [2.05, 4.69) is 11.9 Å². The molecule has 0 radical (unpaired) electrons. The van der Waals surface area contributed by atoms with Crippen molar-refractivity contribution >= 4 is 13.7 Å². The lowest BCUT2D eigenvalue weighted by molar-refractivity contribution is 0.262.